The topological polar surface area (TPSA) is 60.4 Å². The Hall–Kier alpha value is -2.08. The van der Waals surface area contributed by atoms with Crippen molar-refractivity contribution in [2.24, 2.45) is 0 Å². The Morgan fingerprint density at radius 1 is 1.29 bits per heavy atom. The van der Waals surface area contributed by atoms with Gasteiger partial charge in [0.25, 0.3) is 0 Å². The van der Waals surface area contributed by atoms with Crippen LogP contribution in [0.4, 0.5) is 5.95 Å². The minimum Gasteiger partial charge on any atom is -0.491 e. The monoisotopic (exact) mass is 306 g/mol. The van der Waals surface area contributed by atoms with Crippen LogP contribution < -0.4 is 14.4 Å². The van der Waals surface area contributed by atoms with E-state index in [1.165, 1.54) is 0 Å². The number of fused-ring (bicyclic) bond motifs is 1. The van der Waals surface area contributed by atoms with E-state index >= 15 is 0 Å². The maximum Gasteiger partial charge on any atom is 0.322 e. The zero-order valence-corrected chi connectivity index (χ0v) is 12.4. The largest absolute Gasteiger partial charge is 0.491 e. The van der Waals surface area contributed by atoms with Gasteiger partial charge in [-0.05, 0) is 24.6 Å². The van der Waals surface area contributed by atoms with Gasteiger partial charge >= 0.3 is 6.01 Å². The summed E-state index contributed by atoms with van der Waals surface area (Å²) in [4.78, 5) is 14.4. The smallest absolute Gasteiger partial charge is 0.322 e. The molecule has 0 radical (unpaired) electrons. The van der Waals surface area contributed by atoms with Crippen LogP contribution >= 0.6 is 11.6 Å². The number of rotatable bonds is 3. The van der Waals surface area contributed by atoms with Gasteiger partial charge in [0.1, 0.15) is 12.4 Å². The highest BCUT2D eigenvalue weighted by Gasteiger charge is 2.19. The van der Waals surface area contributed by atoms with Crippen molar-refractivity contribution in [1.82, 2.24) is 15.0 Å². The Labute approximate surface area is 127 Å². The van der Waals surface area contributed by atoms with Crippen molar-refractivity contribution in [1.29, 1.82) is 0 Å². The Morgan fingerprint density at radius 3 is 3.00 bits per heavy atom. The Bertz CT molecular complexity index is 638. The molecule has 6 nitrogen and oxygen atoms in total. The molecule has 0 atom stereocenters. The van der Waals surface area contributed by atoms with E-state index in [0.29, 0.717) is 32.3 Å². The first kappa shape index (κ1) is 13.9. The molecule has 1 aliphatic heterocycles. The van der Waals surface area contributed by atoms with E-state index in [9.17, 15) is 0 Å². The highest BCUT2D eigenvalue weighted by molar-refractivity contribution is 6.28. The number of aromatic nitrogens is 3. The average Bonchev–Trinajstić information content (AvgIpc) is 2.69. The lowest BCUT2D eigenvalue weighted by atomic mass is 10.2. The molecule has 0 saturated carbocycles. The second kappa shape index (κ2) is 6.13. The summed E-state index contributed by atoms with van der Waals surface area (Å²) in [6.45, 7) is 4.23. The molecule has 0 saturated heterocycles. The fourth-order valence-corrected chi connectivity index (χ4v) is 2.30. The third-order valence-electron chi connectivity index (χ3n) is 3.08. The van der Waals surface area contributed by atoms with Crippen molar-refractivity contribution in [3.8, 4) is 11.8 Å². The number of nitrogens with zero attached hydrogens (tertiary/aromatic N) is 4. The van der Waals surface area contributed by atoms with Crippen molar-refractivity contribution < 1.29 is 9.47 Å². The average molecular weight is 307 g/mol. The number of anilines is 1. The Morgan fingerprint density at radius 2 is 2.14 bits per heavy atom. The van der Waals surface area contributed by atoms with Crippen LogP contribution in [0.5, 0.6) is 11.8 Å². The molecular weight excluding hydrogens is 292 g/mol. The second-order valence-corrected chi connectivity index (χ2v) is 4.84. The summed E-state index contributed by atoms with van der Waals surface area (Å²) in [5.74, 6) is 1.39. The van der Waals surface area contributed by atoms with Crippen molar-refractivity contribution in [2.45, 2.75) is 13.5 Å². The third-order valence-corrected chi connectivity index (χ3v) is 3.25. The maximum absolute atomic E-state index is 5.95. The van der Waals surface area contributed by atoms with Crippen LogP contribution in [0.2, 0.25) is 5.28 Å². The van der Waals surface area contributed by atoms with Crippen molar-refractivity contribution in [2.75, 3.05) is 24.7 Å². The molecule has 2 heterocycles. The van der Waals surface area contributed by atoms with Gasteiger partial charge in [0.2, 0.25) is 11.2 Å². The number of hydrogen-bond acceptors (Lipinski definition) is 6. The van der Waals surface area contributed by atoms with Crippen LogP contribution in [0.3, 0.4) is 0 Å². The number of halogens is 1. The number of benzene rings is 1. The lowest BCUT2D eigenvalue weighted by molar-refractivity contribution is 0.310. The van der Waals surface area contributed by atoms with Crippen LogP contribution in [-0.4, -0.2) is 34.7 Å². The minimum absolute atomic E-state index is 0.127. The van der Waals surface area contributed by atoms with E-state index in [-0.39, 0.29) is 11.3 Å². The molecular formula is C14H15ClN4O2. The lowest BCUT2D eigenvalue weighted by Gasteiger charge is -2.19. The normalized spacial score (nSPS) is 14.1. The van der Waals surface area contributed by atoms with Crippen LogP contribution in [0.15, 0.2) is 24.3 Å². The van der Waals surface area contributed by atoms with Crippen molar-refractivity contribution in [3.05, 3.63) is 35.1 Å². The molecule has 1 aliphatic rings. The van der Waals surface area contributed by atoms with E-state index in [4.69, 9.17) is 21.1 Å². The molecule has 0 spiro atoms. The molecule has 2 aromatic rings. The zero-order valence-electron chi connectivity index (χ0n) is 11.6. The first-order valence-electron chi connectivity index (χ1n) is 6.76. The molecule has 1 aromatic carbocycles. The first-order chi connectivity index (χ1) is 10.3. The number of para-hydroxylation sites is 1. The van der Waals surface area contributed by atoms with Gasteiger partial charge in [0.15, 0.2) is 0 Å². The minimum atomic E-state index is 0.127. The van der Waals surface area contributed by atoms with Gasteiger partial charge in [0.05, 0.1) is 13.2 Å². The summed E-state index contributed by atoms with van der Waals surface area (Å²) < 4.78 is 11.0. The fraction of sp³-hybridized carbons (Fsp3) is 0.357. The highest BCUT2D eigenvalue weighted by atomic mass is 35.5. The van der Waals surface area contributed by atoms with Gasteiger partial charge in [0, 0.05) is 12.1 Å². The molecule has 1 aromatic heterocycles. The summed E-state index contributed by atoms with van der Waals surface area (Å²) >= 11 is 5.95. The van der Waals surface area contributed by atoms with Gasteiger partial charge in [-0.2, -0.15) is 15.0 Å². The maximum atomic E-state index is 5.95. The summed E-state index contributed by atoms with van der Waals surface area (Å²) in [5.41, 5.74) is 1.09. The van der Waals surface area contributed by atoms with E-state index in [1.54, 1.807) is 0 Å². The fourth-order valence-electron chi connectivity index (χ4n) is 2.15. The quantitative estimate of drug-likeness (QED) is 0.867. The summed E-state index contributed by atoms with van der Waals surface area (Å²) in [6, 6.07) is 8.18. The molecule has 0 bridgehead atoms. The number of ether oxygens (including phenoxy) is 2. The second-order valence-electron chi connectivity index (χ2n) is 4.50. The summed E-state index contributed by atoms with van der Waals surface area (Å²) in [6.07, 6.45) is 0. The molecule has 21 heavy (non-hydrogen) atoms. The molecule has 110 valence electrons. The van der Waals surface area contributed by atoms with E-state index in [2.05, 4.69) is 15.0 Å². The molecule has 0 fully saturated rings. The van der Waals surface area contributed by atoms with Crippen LogP contribution in [-0.2, 0) is 6.54 Å². The van der Waals surface area contributed by atoms with E-state index in [1.807, 2.05) is 36.1 Å². The van der Waals surface area contributed by atoms with Crippen LogP contribution in [0.25, 0.3) is 0 Å². The van der Waals surface area contributed by atoms with Crippen LogP contribution in [0.1, 0.15) is 12.5 Å². The predicted octanol–water partition coefficient (Wildman–Crippen LogP) is 2.32. The molecule has 7 heteroatoms. The van der Waals surface area contributed by atoms with Crippen LogP contribution in [0, 0.1) is 0 Å². The standard InChI is InChI=1S/C14H15ClN4O2/c1-2-20-14-17-12(15)16-13(18-14)19-7-8-21-11-6-4-3-5-10(11)9-19/h3-6H,2,7-9H2,1H3. The predicted molar refractivity (Wildman–Crippen MR) is 79.0 cm³/mol. The van der Waals surface area contributed by atoms with Crippen molar-refractivity contribution >= 4 is 17.5 Å². The molecule has 3 rings (SSSR count). The Kier molecular flexibility index (Phi) is 4.06. The van der Waals surface area contributed by atoms with Gasteiger partial charge in [-0.15, -0.1) is 0 Å². The lowest BCUT2D eigenvalue weighted by Crippen LogP contribution is -2.27. The molecule has 0 amide bonds. The van der Waals surface area contributed by atoms with Crippen molar-refractivity contribution in [3.63, 3.8) is 0 Å². The first-order valence-corrected chi connectivity index (χ1v) is 7.14. The van der Waals surface area contributed by atoms with Gasteiger partial charge in [-0.1, -0.05) is 18.2 Å². The Balaban J connectivity index is 1.90. The van der Waals surface area contributed by atoms with Gasteiger partial charge in [-0.3, -0.25) is 0 Å². The van der Waals surface area contributed by atoms with E-state index < -0.39 is 0 Å². The molecule has 0 unspecified atom stereocenters. The number of hydrogen-bond donors (Lipinski definition) is 0. The summed E-state index contributed by atoms with van der Waals surface area (Å²) in [5, 5.41) is 0.127. The highest BCUT2D eigenvalue weighted by Crippen LogP contribution is 2.25. The third kappa shape index (κ3) is 3.16. The van der Waals surface area contributed by atoms with Gasteiger partial charge in [-0.25, -0.2) is 0 Å². The zero-order chi connectivity index (χ0) is 14.7. The van der Waals surface area contributed by atoms with E-state index in [0.717, 1.165) is 11.3 Å². The SMILES string of the molecule is CCOc1nc(Cl)nc(N2CCOc3ccccc3C2)n1. The molecule has 0 aliphatic carbocycles. The molecule has 0 N–H and O–H groups in total. The van der Waals surface area contributed by atoms with Gasteiger partial charge < -0.3 is 14.4 Å². The summed E-state index contributed by atoms with van der Waals surface area (Å²) in [7, 11) is 0.